The summed E-state index contributed by atoms with van der Waals surface area (Å²) >= 11 is 0. The molecule has 3 rings (SSSR count). The van der Waals surface area contributed by atoms with Crippen LogP contribution in [0.15, 0.2) is 24.3 Å². The van der Waals surface area contributed by atoms with Gasteiger partial charge in [0.15, 0.2) is 0 Å². The summed E-state index contributed by atoms with van der Waals surface area (Å²) in [6, 6.07) is 5.89. The molecule has 0 saturated carbocycles. The van der Waals surface area contributed by atoms with Crippen molar-refractivity contribution in [2.24, 2.45) is 5.73 Å². The van der Waals surface area contributed by atoms with Crippen LogP contribution in [0.5, 0.6) is 0 Å². The van der Waals surface area contributed by atoms with Crippen molar-refractivity contribution < 1.29 is 14.0 Å². The molecule has 0 aliphatic carbocycles. The van der Waals surface area contributed by atoms with Gasteiger partial charge in [-0.3, -0.25) is 9.59 Å². The van der Waals surface area contributed by atoms with E-state index in [0.29, 0.717) is 18.4 Å². The van der Waals surface area contributed by atoms with Crippen molar-refractivity contribution in [1.29, 1.82) is 0 Å². The molecule has 0 bridgehead atoms. The lowest BCUT2D eigenvalue weighted by atomic mass is 9.97. The van der Waals surface area contributed by atoms with E-state index in [1.54, 1.807) is 23.1 Å². The second-order valence-electron chi connectivity index (χ2n) is 6.27. The van der Waals surface area contributed by atoms with Crippen molar-refractivity contribution >= 4 is 11.8 Å². The van der Waals surface area contributed by atoms with E-state index in [-0.39, 0.29) is 42.3 Å². The lowest BCUT2D eigenvalue weighted by Gasteiger charge is -2.33. The summed E-state index contributed by atoms with van der Waals surface area (Å²) in [7, 11) is 0. The number of hydrogen-bond acceptors (Lipinski definition) is 3. The first-order chi connectivity index (χ1) is 11.1. The van der Waals surface area contributed by atoms with Gasteiger partial charge < -0.3 is 16.0 Å². The van der Waals surface area contributed by atoms with Crippen LogP contribution < -0.4 is 11.1 Å². The van der Waals surface area contributed by atoms with Crippen LogP contribution in [0.3, 0.4) is 0 Å². The number of halogens is 1. The zero-order valence-corrected chi connectivity index (χ0v) is 13.0. The Balaban J connectivity index is 1.96. The lowest BCUT2D eigenvalue weighted by molar-refractivity contribution is -0.133. The Morgan fingerprint density at radius 2 is 2.13 bits per heavy atom. The molecule has 0 aromatic heterocycles. The number of benzene rings is 1. The Kier molecular flexibility index (Phi) is 4.61. The van der Waals surface area contributed by atoms with E-state index < -0.39 is 0 Å². The number of carbonyl (C=O) groups is 2. The molecule has 0 radical (unpaired) electrons. The van der Waals surface area contributed by atoms with Gasteiger partial charge >= 0.3 is 0 Å². The van der Waals surface area contributed by atoms with E-state index >= 15 is 0 Å². The van der Waals surface area contributed by atoms with Crippen molar-refractivity contribution in [3.05, 3.63) is 35.6 Å². The molecule has 124 valence electrons. The van der Waals surface area contributed by atoms with Crippen LogP contribution in [0.1, 0.15) is 43.7 Å². The molecule has 5 nitrogen and oxygen atoms in total. The number of carbonyl (C=O) groups excluding carboxylic acids is 2. The Labute approximate surface area is 135 Å². The van der Waals surface area contributed by atoms with E-state index in [4.69, 9.17) is 5.73 Å². The molecule has 0 unspecified atom stereocenters. The highest BCUT2D eigenvalue weighted by atomic mass is 19.1. The van der Waals surface area contributed by atoms with E-state index in [0.717, 1.165) is 19.3 Å². The molecule has 6 heteroatoms. The molecule has 0 spiro atoms. The van der Waals surface area contributed by atoms with Gasteiger partial charge in [-0.05, 0) is 25.3 Å². The first-order valence-corrected chi connectivity index (χ1v) is 8.17. The number of nitrogens with two attached hydrogens (primary N) is 1. The molecule has 1 aromatic carbocycles. The summed E-state index contributed by atoms with van der Waals surface area (Å²) in [6.07, 6.45) is 3.54. The number of nitrogens with one attached hydrogen (secondary N) is 1. The summed E-state index contributed by atoms with van der Waals surface area (Å²) in [6.45, 7) is -0.109. The van der Waals surface area contributed by atoms with E-state index in [9.17, 15) is 14.0 Å². The topological polar surface area (TPSA) is 75.4 Å². The van der Waals surface area contributed by atoms with E-state index in [2.05, 4.69) is 5.32 Å². The number of nitrogens with zero attached hydrogens (tertiary/aromatic N) is 1. The predicted octanol–water partition coefficient (Wildman–Crippen LogP) is 1.49. The number of likely N-dealkylation sites (tertiary alicyclic amines) is 1. The average molecular weight is 319 g/mol. The second kappa shape index (κ2) is 6.66. The van der Waals surface area contributed by atoms with Gasteiger partial charge in [0.1, 0.15) is 5.82 Å². The summed E-state index contributed by atoms with van der Waals surface area (Å²) in [5, 5.41) is 3.01. The molecule has 3 N–H and O–H groups in total. The van der Waals surface area contributed by atoms with Crippen LogP contribution in [0.2, 0.25) is 0 Å². The fraction of sp³-hybridized carbons (Fsp3) is 0.529. The van der Waals surface area contributed by atoms with Crippen LogP contribution >= 0.6 is 0 Å². The zero-order chi connectivity index (χ0) is 16.4. The Bertz CT molecular complexity index is 607. The molecule has 3 atom stereocenters. The van der Waals surface area contributed by atoms with Crippen molar-refractivity contribution in [2.75, 3.05) is 6.54 Å². The van der Waals surface area contributed by atoms with Crippen LogP contribution in [0, 0.1) is 5.82 Å². The maximum Gasteiger partial charge on any atom is 0.237 e. The van der Waals surface area contributed by atoms with E-state index in [1.807, 2.05) is 0 Å². The fourth-order valence-electron chi connectivity index (χ4n) is 3.84. The summed E-state index contributed by atoms with van der Waals surface area (Å²) in [5.74, 6) is -0.512. The van der Waals surface area contributed by atoms with E-state index in [1.165, 1.54) is 6.07 Å². The quantitative estimate of drug-likeness (QED) is 0.867. The maximum absolute atomic E-state index is 14.2. The third kappa shape index (κ3) is 3.08. The molecular weight excluding hydrogens is 297 g/mol. The minimum Gasteiger partial charge on any atom is -0.351 e. The second-order valence-corrected chi connectivity index (χ2v) is 6.27. The van der Waals surface area contributed by atoms with Crippen LogP contribution in [0.4, 0.5) is 4.39 Å². The third-order valence-electron chi connectivity index (χ3n) is 4.86. The minimum atomic E-state index is -0.374. The normalized spacial score (nSPS) is 27.8. The van der Waals surface area contributed by atoms with Gasteiger partial charge in [-0.2, -0.15) is 0 Å². The van der Waals surface area contributed by atoms with Crippen molar-refractivity contribution in [1.82, 2.24) is 10.2 Å². The van der Waals surface area contributed by atoms with Gasteiger partial charge in [-0.25, -0.2) is 4.39 Å². The fourth-order valence-corrected chi connectivity index (χ4v) is 3.84. The molecule has 2 heterocycles. The predicted molar refractivity (Wildman–Crippen MR) is 83.8 cm³/mol. The zero-order valence-electron chi connectivity index (χ0n) is 13.0. The highest BCUT2D eigenvalue weighted by Gasteiger charge is 2.45. The minimum absolute atomic E-state index is 0.00836. The highest BCUT2D eigenvalue weighted by molar-refractivity contribution is 5.80. The molecule has 23 heavy (non-hydrogen) atoms. The average Bonchev–Trinajstić information content (AvgIpc) is 2.86. The molecule has 2 fully saturated rings. The molecular formula is C17H22FN3O2. The number of hydrogen-bond donors (Lipinski definition) is 2. The van der Waals surface area contributed by atoms with Gasteiger partial charge in [-0.15, -0.1) is 0 Å². The number of fused-ring (bicyclic) bond motifs is 1. The molecule has 1 aromatic rings. The Morgan fingerprint density at radius 1 is 1.35 bits per heavy atom. The van der Waals surface area contributed by atoms with Gasteiger partial charge in [0.05, 0.1) is 24.7 Å². The van der Waals surface area contributed by atoms with Gasteiger partial charge in [-0.1, -0.05) is 24.6 Å². The van der Waals surface area contributed by atoms with Gasteiger partial charge in [0.2, 0.25) is 11.8 Å². The third-order valence-corrected chi connectivity index (χ3v) is 4.86. The monoisotopic (exact) mass is 319 g/mol. The molecule has 2 saturated heterocycles. The summed E-state index contributed by atoms with van der Waals surface area (Å²) in [5.41, 5.74) is 6.07. The van der Waals surface area contributed by atoms with Crippen molar-refractivity contribution in [2.45, 2.75) is 50.2 Å². The highest BCUT2D eigenvalue weighted by Crippen LogP contribution is 2.39. The number of amides is 2. The molecule has 2 aliphatic heterocycles. The standard InChI is InChI=1S/C17H22FN3O2/c18-12-6-2-1-5-11(12)15-9-13-14(21(15)17(23)10-19)7-3-4-8-16(22)20-13/h1-2,5-6,13-15H,3-4,7-10,19H2,(H,20,22)/t13-,14+,15+/m1/s1. The largest absolute Gasteiger partial charge is 0.351 e. The van der Waals surface area contributed by atoms with Gasteiger partial charge in [0, 0.05) is 12.0 Å². The van der Waals surface area contributed by atoms with Crippen molar-refractivity contribution in [3.63, 3.8) is 0 Å². The first kappa shape index (κ1) is 15.9. The maximum atomic E-state index is 14.2. The number of rotatable bonds is 2. The molecule has 2 amide bonds. The Morgan fingerprint density at radius 3 is 2.87 bits per heavy atom. The summed E-state index contributed by atoms with van der Waals surface area (Å²) < 4.78 is 14.2. The first-order valence-electron chi connectivity index (χ1n) is 8.17. The Hall–Kier alpha value is -1.95. The van der Waals surface area contributed by atoms with Crippen LogP contribution in [-0.2, 0) is 9.59 Å². The smallest absolute Gasteiger partial charge is 0.237 e. The SMILES string of the molecule is NCC(=O)N1[C@H](c2ccccc2F)C[C@H]2NC(=O)CCCC[C@@H]21. The van der Waals surface area contributed by atoms with Crippen LogP contribution in [0.25, 0.3) is 0 Å². The molecule has 2 aliphatic rings. The van der Waals surface area contributed by atoms with Gasteiger partial charge in [0.25, 0.3) is 0 Å². The lowest BCUT2D eigenvalue weighted by Crippen LogP contribution is -2.49. The van der Waals surface area contributed by atoms with Crippen LogP contribution in [-0.4, -0.2) is 35.3 Å². The van der Waals surface area contributed by atoms with Crippen molar-refractivity contribution in [3.8, 4) is 0 Å². The summed E-state index contributed by atoms with van der Waals surface area (Å²) in [4.78, 5) is 26.0.